The van der Waals surface area contributed by atoms with E-state index in [1.807, 2.05) is 70.3 Å². The van der Waals surface area contributed by atoms with Gasteiger partial charge in [0.1, 0.15) is 6.54 Å². The number of nitrogens with zero attached hydrogens (tertiary/aromatic N) is 5. The van der Waals surface area contributed by atoms with Crippen molar-refractivity contribution < 1.29 is 9.53 Å². The Labute approximate surface area is 203 Å². The third kappa shape index (κ3) is 4.23. The molecule has 0 unspecified atom stereocenters. The van der Waals surface area contributed by atoms with Gasteiger partial charge in [0.2, 0.25) is 0 Å². The highest BCUT2D eigenvalue weighted by Gasteiger charge is 2.20. The number of imidazole rings is 1. The number of carbonyl (C=O) groups is 1. The van der Waals surface area contributed by atoms with Crippen molar-refractivity contribution in [2.24, 2.45) is 0 Å². The number of para-hydroxylation sites is 1. The van der Waals surface area contributed by atoms with E-state index in [2.05, 4.69) is 10.1 Å². The summed E-state index contributed by atoms with van der Waals surface area (Å²) in [5.41, 5.74) is 6.70. The van der Waals surface area contributed by atoms with E-state index in [9.17, 15) is 9.59 Å². The normalized spacial score (nSPS) is 10.9. The Morgan fingerprint density at radius 3 is 2.57 bits per heavy atom. The largest absolute Gasteiger partial charge is 0.465 e. The summed E-state index contributed by atoms with van der Waals surface area (Å²) >= 11 is 0. The van der Waals surface area contributed by atoms with Gasteiger partial charge in [0, 0.05) is 18.0 Å². The van der Waals surface area contributed by atoms with Crippen LogP contribution >= 0.6 is 0 Å². The van der Waals surface area contributed by atoms with E-state index in [0.717, 1.165) is 39.0 Å². The highest BCUT2D eigenvalue weighted by Crippen LogP contribution is 2.29. The molecule has 0 spiro atoms. The summed E-state index contributed by atoms with van der Waals surface area (Å²) in [5, 5.41) is 4.39. The molecule has 3 heterocycles. The first-order chi connectivity index (χ1) is 17.0. The minimum Gasteiger partial charge on any atom is -0.465 e. The number of benzene rings is 2. The van der Waals surface area contributed by atoms with Gasteiger partial charge < -0.3 is 4.74 Å². The maximum absolute atomic E-state index is 13.5. The van der Waals surface area contributed by atoms with Crippen LogP contribution in [0.25, 0.3) is 33.4 Å². The van der Waals surface area contributed by atoms with Crippen LogP contribution in [0.3, 0.4) is 0 Å². The first-order valence-corrected chi connectivity index (χ1v) is 11.7. The number of aryl methyl sites for hydroxylation is 2. The molecule has 0 saturated heterocycles. The van der Waals surface area contributed by atoms with Gasteiger partial charge in [-0.15, -0.1) is 0 Å². The average molecular weight is 472 g/mol. The second-order valence-electron chi connectivity index (χ2n) is 7.92. The fraction of sp³-hybridized carbons (Fsp3) is 0.259. The third-order valence-corrected chi connectivity index (χ3v) is 5.82. The van der Waals surface area contributed by atoms with Crippen LogP contribution < -0.4 is 5.69 Å². The van der Waals surface area contributed by atoms with Crippen LogP contribution in [0.1, 0.15) is 31.9 Å². The molecule has 0 aliphatic rings. The van der Waals surface area contributed by atoms with Crippen LogP contribution in [-0.2, 0) is 16.1 Å². The predicted octanol–water partition coefficient (Wildman–Crippen LogP) is 4.71. The molecule has 0 aliphatic heterocycles. The van der Waals surface area contributed by atoms with Gasteiger partial charge in [-0.05, 0) is 55.7 Å². The zero-order chi connectivity index (χ0) is 25.1. The van der Waals surface area contributed by atoms with E-state index in [0.29, 0.717) is 5.52 Å². The van der Waals surface area contributed by atoms with Crippen LogP contribution in [0.15, 0.2) is 66.0 Å². The lowest BCUT2D eigenvalue weighted by Crippen LogP contribution is -2.27. The highest BCUT2D eigenvalue weighted by atomic mass is 16.5. The molecule has 0 bridgehead atoms. The number of carbonyl (C=O) groups excluding carboxylic acids is 1. The molecule has 8 nitrogen and oxygen atoms in total. The van der Waals surface area contributed by atoms with Crippen molar-refractivity contribution in [3.05, 3.63) is 82.8 Å². The second kappa shape index (κ2) is 9.97. The van der Waals surface area contributed by atoms with Gasteiger partial charge in [-0.2, -0.15) is 5.10 Å². The molecule has 0 aliphatic carbocycles. The molecule has 5 aromatic rings. The van der Waals surface area contributed by atoms with E-state index < -0.39 is 5.97 Å². The molecule has 0 N–H and O–H groups in total. The molecular weight excluding hydrogens is 442 g/mol. The lowest BCUT2D eigenvalue weighted by atomic mass is 10.0. The Morgan fingerprint density at radius 2 is 1.83 bits per heavy atom. The second-order valence-corrected chi connectivity index (χ2v) is 7.92. The Balaban J connectivity index is 0.00000141. The zero-order valence-corrected chi connectivity index (χ0v) is 20.6. The van der Waals surface area contributed by atoms with E-state index in [1.165, 1.54) is 4.57 Å². The van der Waals surface area contributed by atoms with E-state index in [1.54, 1.807) is 34.6 Å². The molecule has 35 heavy (non-hydrogen) atoms. The van der Waals surface area contributed by atoms with Crippen molar-refractivity contribution in [1.29, 1.82) is 0 Å². The molecule has 0 radical (unpaired) electrons. The lowest BCUT2D eigenvalue weighted by Gasteiger charge is -2.11. The molecule has 0 fully saturated rings. The van der Waals surface area contributed by atoms with Gasteiger partial charge in [0.25, 0.3) is 0 Å². The van der Waals surface area contributed by atoms with E-state index in [-0.39, 0.29) is 18.8 Å². The molecule has 2 aromatic carbocycles. The monoisotopic (exact) mass is 471 g/mol. The van der Waals surface area contributed by atoms with Crippen molar-refractivity contribution in [2.75, 3.05) is 6.61 Å². The summed E-state index contributed by atoms with van der Waals surface area (Å²) in [5.74, 6) is -0.436. The summed E-state index contributed by atoms with van der Waals surface area (Å²) in [4.78, 5) is 29.9. The van der Waals surface area contributed by atoms with Gasteiger partial charge >= 0.3 is 11.7 Å². The molecule has 3 aromatic heterocycles. The van der Waals surface area contributed by atoms with Crippen LogP contribution in [0, 0.1) is 13.8 Å². The fourth-order valence-electron chi connectivity index (χ4n) is 4.31. The van der Waals surface area contributed by atoms with Gasteiger partial charge in [0.15, 0.2) is 0 Å². The Hall–Kier alpha value is -4.20. The maximum Gasteiger partial charge on any atom is 0.334 e. The third-order valence-electron chi connectivity index (χ3n) is 5.82. The SMILES string of the molecule is CC.CCOC(=O)Cn1c(=O)n(-c2ccc(-c3cnn4ccncc34)cc2C)c2c(C)cccc21. The number of aromatic nitrogens is 5. The van der Waals surface area contributed by atoms with Crippen LogP contribution in [-0.4, -0.2) is 36.3 Å². The predicted molar refractivity (Wildman–Crippen MR) is 137 cm³/mol. The molecule has 180 valence electrons. The van der Waals surface area contributed by atoms with Crippen molar-refractivity contribution in [2.45, 2.75) is 41.2 Å². The zero-order valence-electron chi connectivity index (χ0n) is 20.6. The van der Waals surface area contributed by atoms with Crippen LogP contribution in [0.5, 0.6) is 0 Å². The molecule has 8 heteroatoms. The number of rotatable bonds is 5. The van der Waals surface area contributed by atoms with Gasteiger partial charge in [0.05, 0.1) is 41.2 Å². The van der Waals surface area contributed by atoms with Crippen LogP contribution in [0.4, 0.5) is 0 Å². The smallest absolute Gasteiger partial charge is 0.334 e. The molecule has 0 atom stereocenters. The van der Waals surface area contributed by atoms with Gasteiger partial charge in [-0.1, -0.05) is 32.0 Å². The van der Waals surface area contributed by atoms with Crippen LogP contribution in [0.2, 0.25) is 0 Å². The standard InChI is InChI=1S/C25H23N5O3.C2H6/c1-4-33-23(31)15-28-21-7-5-6-16(2)24(21)30(25(28)32)20-9-8-18(12-17(20)3)19-13-27-29-11-10-26-14-22(19)29;1-2/h5-14H,4,15H2,1-3H3;1-2H3. The Morgan fingerprint density at radius 1 is 1.03 bits per heavy atom. The van der Waals surface area contributed by atoms with Crippen molar-refractivity contribution in [1.82, 2.24) is 23.7 Å². The van der Waals surface area contributed by atoms with Crippen molar-refractivity contribution >= 4 is 22.5 Å². The van der Waals surface area contributed by atoms with E-state index >= 15 is 0 Å². The summed E-state index contributed by atoms with van der Waals surface area (Å²) in [6, 6.07) is 11.7. The molecule has 5 rings (SSSR count). The molecule has 0 amide bonds. The Kier molecular flexibility index (Phi) is 6.82. The van der Waals surface area contributed by atoms with Crippen molar-refractivity contribution in [3.8, 4) is 16.8 Å². The minimum atomic E-state index is -0.436. The lowest BCUT2D eigenvalue weighted by molar-refractivity contribution is -0.143. The average Bonchev–Trinajstić information content (AvgIpc) is 3.41. The quantitative estimate of drug-likeness (QED) is 0.347. The first kappa shape index (κ1) is 23.9. The maximum atomic E-state index is 13.5. The van der Waals surface area contributed by atoms with Gasteiger partial charge in [-0.3, -0.25) is 18.9 Å². The number of ether oxygens (including phenoxy) is 1. The summed E-state index contributed by atoms with van der Waals surface area (Å²) in [6.45, 7) is 9.82. The van der Waals surface area contributed by atoms with Gasteiger partial charge in [-0.25, -0.2) is 9.31 Å². The highest BCUT2D eigenvalue weighted by molar-refractivity contribution is 5.84. The summed E-state index contributed by atoms with van der Waals surface area (Å²) in [6.07, 6.45) is 7.09. The first-order valence-electron chi connectivity index (χ1n) is 11.7. The number of hydrogen-bond donors (Lipinski definition) is 0. The Bertz CT molecular complexity index is 1580. The summed E-state index contributed by atoms with van der Waals surface area (Å²) < 4.78 is 10.0. The number of fused-ring (bicyclic) bond motifs is 2. The van der Waals surface area contributed by atoms with E-state index in [4.69, 9.17) is 4.74 Å². The fourth-order valence-corrected chi connectivity index (χ4v) is 4.31. The number of esters is 1. The van der Waals surface area contributed by atoms with Crippen molar-refractivity contribution in [3.63, 3.8) is 0 Å². The molecule has 0 saturated carbocycles. The minimum absolute atomic E-state index is 0.133. The topological polar surface area (TPSA) is 83.4 Å². The summed E-state index contributed by atoms with van der Waals surface area (Å²) in [7, 11) is 0. The molecular formula is C27H29N5O3. The number of hydrogen-bond acceptors (Lipinski definition) is 5.